The number of aromatic nitrogens is 1. The maximum Gasteiger partial charge on any atom is 0.0864 e. The molecular formula is C9H15N3OS. The third-order valence-electron chi connectivity index (χ3n) is 2.86. The van der Waals surface area contributed by atoms with E-state index in [9.17, 15) is 5.11 Å². The lowest BCUT2D eigenvalue weighted by Gasteiger charge is -2.37. The second kappa shape index (κ2) is 3.94. The SMILES string of the molecule is NC(c1cnsc1)C1(O)CCNCC1. The van der Waals surface area contributed by atoms with Crippen molar-refractivity contribution in [3.63, 3.8) is 0 Å². The van der Waals surface area contributed by atoms with E-state index in [4.69, 9.17) is 5.73 Å². The van der Waals surface area contributed by atoms with Gasteiger partial charge in [0.1, 0.15) is 0 Å². The molecule has 1 aliphatic rings. The lowest BCUT2D eigenvalue weighted by atomic mass is 9.83. The molecule has 1 fully saturated rings. The summed E-state index contributed by atoms with van der Waals surface area (Å²) in [5.41, 5.74) is 6.23. The second-order valence-electron chi connectivity index (χ2n) is 3.79. The molecule has 4 nitrogen and oxygen atoms in total. The Balaban J connectivity index is 2.13. The van der Waals surface area contributed by atoms with Gasteiger partial charge in [0.2, 0.25) is 0 Å². The number of hydrogen-bond acceptors (Lipinski definition) is 5. The first-order valence-electron chi connectivity index (χ1n) is 4.80. The second-order valence-corrected chi connectivity index (χ2v) is 4.45. The Morgan fingerprint density at radius 3 is 2.86 bits per heavy atom. The highest BCUT2D eigenvalue weighted by Gasteiger charge is 2.36. The third-order valence-corrected chi connectivity index (χ3v) is 3.46. The predicted molar refractivity (Wildman–Crippen MR) is 56.1 cm³/mol. The van der Waals surface area contributed by atoms with E-state index < -0.39 is 5.60 Å². The van der Waals surface area contributed by atoms with Gasteiger partial charge >= 0.3 is 0 Å². The van der Waals surface area contributed by atoms with Crippen LogP contribution in [0.1, 0.15) is 24.4 Å². The van der Waals surface area contributed by atoms with E-state index in [1.807, 2.05) is 5.38 Å². The van der Waals surface area contributed by atoms with Crippen LogP contribution in [0, 0.1) is 0 Å². The van der Waals surface area contributed by atoms with Crippen molar-refractivity contribution < 1.29 is 5.11 Å². The zero-order valence-electron chi connectivity index (χ0n) is 7.94. The van der Waals surface area contributed by atoms with Gasteiger partial charge in [-0.25, -0.2) is 4.37 Å². The quantitative estimate of drug-likeness (QED) is 0.659. The maximum absolute atomic E-state index is 10.3. The number of aliphatic hydroxyl groups is 1. The molecule has 1 aromatic rings. The normalized spacial score (nSPS) is 23.3. The molecule has 1 aliphatic heterocycles. The summed E-state index contributed by atoms with van der Waals surface area (Å²) in [6.45, 7) is 1.67. The number of hydrogen-bond donors (Lipinski definition) is 3. The minimum atomic E-state index is -0.756. The molecule has 1 atom stereocenters. The summed E-state index contributed by atoms with van der Waals surface area (Å²) in [6, 6.07) is -0.302. The number of nitrogens with zero attached hydrogens (tertiary/aromatic N) is 1. The monoisotopic (exact) mass is 213 g/mol. The lowest BCUT2D eigenvalue weighted by molar-refractivity contribution is -0.0142. The standard InChI is InChI=1S/C9H15N3OS/c10-8(7-5-12-14-6-7)9(13)1-3-11-4-2-9/h5-6,8,11,13H,1-4,10H2. The van der Waals surface area contributed by atoms with Crippen LogP contribution in [0.3, 0.4) is 0 Å². The Labute approximate surface area is 87.3 Å². The Kier molecular flexibility index (Phi) is 2.83. The smallest absolute Gasteiger partial charge is 0.0864 e. The zero-order valence-corrected chi connectivity index (χ0v) is 8.76. The average Bonchev–Trinajstić information content (AvgIpc) is 2.70. The minimum absolute atomic E-state index is 0.302. The summed E-state index contributed by atoms with van der Waals surface area (Å²) in [4.78, 5) is 0. The van der Waals surface area contributed by atoms with Crippen LogP contribution in [0.2, 0.25) is 0 Å². The van der Waals surface area contributed by atoms with E-state index in [0.717, 1.165) is 18.7 Å². The Morgan fingerprint density at radius 2 is 2.29 bits per heavy atom. The summed E-state index contributed by atoms with van der Waals surface area (Å²) < 4.78 is 4.00. The Bertz CT molecular complexity index is 282. The van der Waals surface area contributed by atoms with E-state index in [1.54, 1.807) is 6.20 Å². The molecule has 0 amide bonds. The molecule has 2 heterocycles. The van der Waals surface area contributed by atoms with E-state index in [-0.39, 0.29) is 6.04 Å². The van der Waals surface area contributed by atoms with Gasteiger partial charge in [-0.05, 0) is 37.5 Å². The van der Waals surface area contributed by atoms with Crippen LogP contribution in [0.15, 0.2) is 11.6 Å². The van der Waals surface area contributed by atoms with Crippen molar-refractivity contribution in [2.75, 3.05) is 13.1 Å². The first-order valence-corrected chi connectivity index (χ1v) is 5.64. The molecule has 78 valence electrons. The molecule has 0 saturated carbocycles. The summed E-state index contributed by atoms with van der Waals surface area (Å²) in [6.07, 6.45) is 3.17. The molecule has 1 saturated heterocycles. The minimum Gasteiger partial charge on any atom is -0.388 e. The number of nitrogens with two attached hydrogens (primary N) is 1. The molecule has 14 heavy (non-hydrogen) atoms. The van der Waals surface area contributed by atoms with Crippen LogP contribution < -0.4 is 11.1 Å². The fourth-order valence-electron chi connectivity index (χ4n) is 1.85. The van der Waals surface area contributed by atoms with Gasteiger partial charge in [0.25, 0.3) is 0 Å². The molecule has 0 aliphatic carbocycles. The van der Waals surface area contributed by atoms with E-state index in [0.29, 0.717) is 12.8 Å². The molecule has 0 radical (unpaired) electrons. The molecule has 1 aromatic heterocycles. The largest absolute Gasteiger partial charge is 0.388 e. The highest BCUT2D eigenvalue weighted by Crippen LogP contribution is 2.31. The summed E-state index contributed by atoms with van der Waals surface area (Å²) >= 11 is 1.37. The number of rotatable bonds is 2. The van der Waals surface area contributed by atoms with Gasteiger partial charge in [-0.15, -0.1) is 0 Å². The van der Waals surface area contributed by atoms with Gasteiger partial charge in [-0.1, -0.05) is 0 Å². The Morgan fingerprint density at radius 1 is 1.57 bits per heavy atom. The van der Waals surface area contributed by atoms with Gasteiger partial charge in [0.05, 0.1) is 11.6 Å². The van der Waals surface area contributed by atoms with Crippen LogP contribution in [-0.4, -0.2) is 28.2 Å². The van der Waals surface area contributed by atoms with Crippen molar-refractivity contribution in [3.05, 3.63) is 17.1 Å². The van der Waals surface area contributed by atoms with E-state index in [2.05, 4.69) is 9.69 Å². The molecular weight excluding hydrogens is 198 g/mol. The summed E-state index contributed by atoms with van der Waals surface area (Å²) in [5, 5.41) is 15.4. The Hall–Kier alpha value is -0.490. The van der Waals surface area contributed by atoms with Gasteiger partial charge in [0, 0.05) is 17.1 Å². The molecule has 1 unspecified atom stereocenters. The van der Waals surface area contributed by atoms with Crippen molar-refractivity contribution in [2.24, 2.45) is 5.73 Å². The van der Waals surface area contributed by atoms with Crippen molar-refractivity contribution >= 4 is 11.5 Å². The van der Waals surface area contributed by atoms with Crippen molar-refractivity contribution in [3.8, 4) is 0 Å². The first kappa shape index (κ1) is 10.0. The predicted octanol–water partition coefficient (Wildman–Crippen LogP) is 0.257. The van der Waals surface area contributed by atoms with Crippen molar-refractivity contribution in [1.82, 2.24) is 9.69 Å². The zero-order chi connectivity index (χ0) is 10.0. The number of nitrogens with one attached hydrogen (secondary N) is 1. The van der Waals surface area contributed by atoms with Gasteiger partial charge in [0.15, 0.2) is 0 Å². The third kappa shape index (κ3) is 1.81. The fraction of sp³-hybridized carbons (Fsp3) is 0.667. The fourth-order valence-corrected chi connectivity index (χ4v) is 2.42. The maximum atomic E-state index is 10.3. The van der Waals surface area contributed by atoms with Crippen LogP contribution in [-0.2, 0) is 0 Å². The molecule has 4 N–H and O–H groups in total. The van der Waals surface area contributed by atoms with Gasteiger partial charge < -0.3 is 16.2 Å². The van der Waals surface area contributed by atoms with Crippen molar-refractivity contribution in [1.29, 1.82) is 0 Å². The van der Waals surface area contributed by atoms with E-state index >= 15 is 0 Å². The van der Waals surface area contributed by atoms with Gasteiger partial charge in [-0.2, -0.15) is 0 Å². The van der Waals surface area contributed by atoms with Gasteiger partial charge in [-0.3, -0.25) is 0 Å². The van der Waals surface area contributed by atoms with Crippen molar-refractivity contribution in [2.45, 2.75) is 24.5 Å². The van der Waals surface area contributed by atoms with E-state index in [1.165, 1.54) is 11.5 Å². The van der Waals surface area contributed by atoms with Crippen LogP contribution in [0.4, 0.5) is 0 Å². The van der Waals surface area contributed by atoms with Crippen LogP contribution in [0.5, 0.6) is 0 Å². The highest BCUT2D eigenvalue weighted by molar-refractivity contribution is 7.03. The average molecular weight is 213 g/mol. The molecule has 2 rings (SSSR count). The summed E-state index contributed by atoms with van der Waals surface area (Å²) in [5.74, 6) is 0. The van der Waals surface area contributed by atoms with Crippen LogP contribution in [0.25, 0.3) is 0 Å². The summed E-state index contributed by atoms with van der Waals surface area (Å²) in [7, 11) is 0. The lowest BCUT2D eigenvalue weighted by Crippen LogP contribution is -2.48. The highest BCUT2D eigenvalue weighted by atomic mass is 32.1. The topological polar surface area (TPSA) is 71.2 Å². The molecule has 0 spiro atoms. The molecule has 0 bridgehead atoms. The first-order chi connectivity index (χ1) is 6.72. The van der Waals surface area contributed by atoms with Crippen LogP contribution >= 0.6 is 11.5 Å². The number of piperidine rings is 1. The molecule has 0 aromatic carbocycles. The molecule has 5 heteroatoms.